The lowest BCUT2D eigenvalue weighted by Crippen LogP contribution is -2.16. The summed E-state index contributed by atoms with van der Waals surface area (Å²) in [5, 5.41) is 4.23. The van der Waals surface area contributed by atoms with Gasteiger partial charge >= 0.3 is 6.36 Å². The fourth-order valence-electron chi connectivity index (χ4n) is 1.60. The molecule has 0 radical (unpaired) electrons. The molecular formula is C12H10ClF3N2O. The molecule has 0 N–H and O–H groups in total. The predicted octanol–water partition coefficient (Wildman–Crippen LogP) is 3.72. The number of rotatable bonds is 3. The van der Waals surface area contributed by atoms with Crippen molar-refractivity contribution < 1.29 is 17.9 Å². The van der Waals surface area contributed by atoms with E-state index in [9.17, 15) is 13.2 Å². The number of aryl methyl sites for hydroxylation is 1. The molecule has 0 aliphatic carbocycles. The van der Waals surface area contributed by atoms with Gasteiger partial charge in [0.25, 0.3) is 0 Å². The number of alkyl halides is 4. The Hall–Kier alpha value is -1.69. The minimum atomic E-state index is -4.68. The molecule has 102 valence electrons. The molecule has 0 saturated heterocycles. The maximum absolute atomic E-state index is 12.0. The molecule has 1 heterocycles. The molecule has 0 aliphatic heterocycles. The summed E-state index contributed by atoms with van der Waals surface area (Å²) >= 11 is 5.73. The van der Waals surface area contributed by atoms with Crippen molar-refractivity contribution in [1.82, 2.24) is 9.78 Å². The Morgan fingerprint density at radius 2 is 1.89 bits per heavy atom. The van der Waals surface area contributed by atoms with E-state index in [-0.39, 0.29) is 5.75 Å². The highest BCUT2D eigenvalue weighted by Gasteiger charge is 2.30. The third-order valence-corrected chi connectivity index (χ3v) is 2.77. The van der Waals surface area contributed by atoms with Crippen LogP contribution < -0.4 is 4.74 Å². The molecule has 2 aromatic rings. The van der Waals surface area contributed by atoms with Gasteiger partial charge in [0, 0.05) is 12.6 Å². The van der Waals surface area contributed by atoms with Crippen LogP contribution in [0.1, 0.15) is 5.69 Å². The zero-order valence-corrected chi connectivity index (χ0v) is 10.7. The lowest BCUT2D eigenvalue weighted by molar-refractivity contribution is -0.274. The fourth-order valence-corrected chi connectivity index (χ4v) is 1.85. The Morgan fingerprint density at radius 1 is 1.26 bits per heavy atom. The molecule has 0 bridgehead atoms. The van der Waals surface area contributed by atoms with Crippen LogP contribution in [0.5, 0.6) is 5.75 Å². The van der Waals surface area contributed by atoms with E-state index in [0.717, 1.165) is 5.69 Å². The highest BCUT2D eigenvalue weighted by molar-refractivity contribution is 6.16. The van der Waals surface area contributed by atoms with Crippen molar-refractivity contribution >= 4 is 11.6 Å². The first-order chi connectivity index (χ1) is 8.89. The van der Waals surface area contributed by atoms with Crippen LogP contribution in [0.2, 0.25) is 0 Å². The number of aromatic nitrogens is 2. The molecule has 0 amide bonds. The van der Waals surface area contributed by atoms with Gasteiger partial charge < -0.3 is 4.74 Å². The van der Waals surface area contributed by atoms with Gasteiger partial charge in [0.2, 0.25) is 0 Å². The molecule has 0 aliphatic rings. The van der Waals surface area contributed by atoms with E-state index in [1.165, 1.54) is 24.3 Å². The Labute approximate surface area is 112 Å². The second-order valence-electron chi connectivity index (χ2n) is 3.85. The van der Waals surface area contributed by atoms with E-state index in [1.54, 1.807) is 17.8 Å². The van der Waals surface area contributed by atoms with Crippen LogP contribution in [0.15, 0.2) is 30.3 Å². The van der Waals surface area contributed by atoms with Crippen molar-refractivity contribution in [2.45, 2.75) is 12.2 Å². The molecule has 0 unspecified atom stereocenters. The molecular weight excluding hydrogens is 281 g/mol. The van der Waals surface area contributed by atoms with Crippen LogP contribution in [0.25, 0.3) is 11.3 Å². The Bertz CT molecular complexity index is 563. The molecule has 0 atom stereocenters. The summed E-state index contributed by atoms with van der Waals surface area (Å²) in [6.07, 6.45) is -4.68. The summed E-state index contributed by atoms with van der Waals surface area (Å²) in [6.45, 7) is 0. The third-order valence-electron chi connectivity index (χ3n) is 2.50. The first kappa shape index (κ1) is 13.7. The average Bonchev–Trinajstić information content (AvgIpc) is 2.69. The number of benzene rings is 1. The zero-order chi connectivity index (χ0) is 14.0. The predicted molar refractivity (Wildman–Crippen MR) is 64.9 cm³/mol. The zero-order valence-electron chi connectivity index (χ0n) is 9.91. The maximum Gasteiger partial charge on any atom is 0.573 e. The Balaban J connectivity index is 2.22. The molecule has 3 nitrogen and oxygen atoms in total. The Morgan fingerprint density at radius 3 is 2.37 bits per heavy atom. The van der Waals surface area contributed by atoms with Gasteiger partial charge in [0.05, 0.1) is 17.3 Å². The number of ether oxygens (including phenoxy) is 1. The summed E-state index contributed by atoms with van der Waals surface area (Å²) in [5.74, 6) is 0.0587. The molecule has 0 spiro atoms. The van der Waals surface area contributed by atoms with Crippen LogP contribution >= 0.6 is 11.6 Å². The average molecular weight is 291 g/mol. The highest BCUT2D eigenvalue weighted by Crippen LogP contribution is 2.26. The van der Waals surface area contributed by atoms with Crippen LogP contribution in [0.3, 0.4) is 0 Å². The normalized spacial score (nSPS) is 11.6. The first-order valence-corrected chi connectivity index (χ1v) is 5.87. The Kier molecular flexibility index (Phi) is 3.71. The topological polar surface area (TPSA) is 27.1 Å². The standard InChI is InChI=1S/C12H10ClF3N2O/c1-18-9(7-13)6-11(17-18)8-2-4-10(5-3-8)19-12(14,15)16/h2-6H,7H2,1H3. The minimum Gasteiger partial charge on any atom is -0.406 e. The van der Waals surface area contributed by atoms with Crippen molar-refractivity contribution in [3.63, 3.8) is 0 Å². The van der Waals surface area contributed by atoms with Gasteiger partial charge in [-0.05, 0) is 30.3 Å². The van der Waals surface area contributed by atoms with Gasteiger partial charge in [-0.2, -0.15) is 5.10 Å². The molecule has 1 aromatic carbocycles. The largest absolute Gasteiger partial charge is 0.573 e. The molecule has 19 heavy (non-hydrogen) atoms. The van der Waals surface area contributed by atoms with E-state index < -0.39 is 6.36 Å². The highest BCUT2D eigenvalue weighted by atomic mass is 35.5. The van der Waals surface area contributed by atoms with E-state index in [1.807, 2.05) is 0 Å². The van der Waals surface area contributed by atoms with Crippen molar-refractivity contribution in [3.05, 3.63) is 36.0 Å². The SMILES string of the molecule is Cn1nc(-c2ccc(OC(F)(F)F)cc2)cc1CCl. The molecule has 0 fully saturated rings. The van der Waals surface area contributed by atoms with Crippen molar-refractivity contribution in [2.75, 3.05) is 0 Å². The monoisotopic (exact) mass is 290 g/mol. The number of hydrogen-bond acceptors (Lipinski definition) is 2. The third kappa shape index (κ3) is 3.41. The summed E-state index contributed by atoms with van der Waals surface area (Å²) in [6, 6.07) is 7.31. The van der Waals surface area contributed by atoms with Crippen LogP contribution in [0.4, 0.5) is 13.2 Å². The quantitative estimate of drug-likeness (QED) is 0.806. The first-order valence-electron chi connectivity index (χ1n) is 5.34. The summed E-state index contributed by atoms with van der Waals surface area (Å²) in [7, 11) is 1.75. The van der Waals surface area contributed by atoms with Gasteiger partial charge in [-0.25, -0.2) is 0 Å². The van der Waals surface area contributed by atoms with Gasteiger partial charge in [-0.1, -0.05) is 0 Å². The minimum absolute atomic E-state index is 0.259. The van der Waals surface area contributed by atoms with E-state index >= 15 is 0 Å². The van der Waals surface area contributed by atoms with Crippen LogP contribution in [-0.2, 0) is 12.9 Å². The van der Waals surface area contributed by atoms with Gasteiger partial charge in [0.1, 0.15) is 5.75 Å². The number of hydrogen-bond donors (Lipinski definition) is 0. The van der Waals surface area contributed by atoms with Crippen LogP contribution in [0, 0.1) is 0 Å². The maximum atomic E-state index is 12.0. The van der Waals surface area contributed by atoms with Gasteiger partial charge in [-0.3, -0.25) is 4.68 Å². The number of halogens is 4. The second kappa shape index (κ2) is 5.13. The smallest absolute Gasteiger partial charge is 0.406 e. The lowest BCUT2D eigenvalue weighted by atomic mass is 10.1. The van der Waals surface area contributed by atoms with Crippen molar-refractivity contribution in [3.8, 4) is 17.0 Å². The van der Waals surface area contributed by atoms with E-state index in [4.69, 9.17) is 11.6 Å². The van der Waals surface area contributed by atoms with Gasteiger partial charge in [-0.15, -0.1) is 24.8 Å². The second-order valence-corrected chi connectivity index (χ2v) is 4.12. The summed E-state index contributed by atoms with van der Waals surface area (Å²) in [5.41, 5.74) is 2.17. The number of nitrogens with zero attached hydrogens (tertiary/aromatic N) is 2. The van der Waals surface area contributed by atoms with Crippen molar-refractivity contribution in [2.24, 2.45) is 7.05 Å². The molecule has 1 aromatic heterocycles. The van der Waals surface area contributed by atoms with E-state index in [2.05, 4.69) is 9.84 Å². The van der Waals surface area contributed by atoms with E-state index in [0.29, 0.717) is 17.1 Å². The van der Waals surface area contributed by atoms with Crippen molar-refractivity contribution in [1.29, 1.82) is 0 Å². The lowest BCUT2D eigenvalue weighted by Gasteiger charge is -2.08. The summed E-state index contributed by atoms with van der Waals surface area (Å²) < 4.78 is 41.5. The molecule has 2 rings (SSSR count). The molecule has 0 saturated carbocycles. The molecule has 7 heteroatoms. The fraction of sp³-hybridized carbons (Fsp3) is 0.250. The van der Waals surface area contributed by atoms with Gasteiger partial charge in [0.15, 0.2) is 0 Å². The van der Waals surface area contributed by atoms with Crippen LogP contribution in [-0.4, -0.2) is 16.1 Å². The summed E-state index contributed by atoms with van der Waals surface area (Å²) in [4.78, 5) is 0.